The average Bonchev–Trinajstić information content (AvgIpc) is 3.09. The van der Waals surface area contributed by atoms with Gasteiger partial charge >= 0.3 is 0 Å². The Bertz CT molecular complexity index is 593. The van der Waals surface area contributed by atoms with Crippen molar-refractivity contribution in [3.63, 3.8) is 0 Å². The van der Waals surface area contributed by atoms with E-state index in [2.05, 4.69) is 46.6 Å². The minimum absolute atomic E-state index is 0.157. The van der Waals surface area contributed by atoms with Crippen molar-refractivity contribution in [1.82, 2.24) is 10.2 Å². The molecule has 2 heterocycles. The van der Waals surface area contributed by atoms with Crippen molar-refractivity contribution < 1.29 is 4.79 Å². The van der Waals surface area contributed by atoms with Gasteiger partial charge in [-0.2, -0.15) is 0 Å². The summed E-state index contributed by atoms with van der Waals surface area (Å²) in [5, 5.41) is 5.23. The fraction of sp³-hybridized carbons (Fsp3) is 0.389. The summed E-state index contributed by atoms with van der Waals surface area (Å²) < 4.78 is 1.21. The number of piperidine rings is 1. The van der Waals surface area contributed by atoms with Crippen LogP contribution in [0.2, 0.25) is 0 Å². The van der Waals surface area contributed by atoms with Gasteiger partial charge in [-0.15, -0.1) is 23.1 Å². The summed E-state index contributed by atoms with van der Waals surface area (Å²) >= 11 is 3.31. The summed E-state index contributed by atoms with van der Waals surface area (Å²) in [6.07, 6.45) is 2.09. The number of hydrogen-bond acceptors (Lipinski definition) is 4. The maximum atomic E-state index is 12.0. The van der Waals surface area contributed by atoms with Crippen molar-refractivity contribution >= 4 is 29.0 Å². The zero-order chi connectivity index (χ0) is 15.9. The third kappa shape index (κ3) is 5.37. The molecule has 5 heteroatoms. The molecule has 1 aliphatic rings. The van der Waals surface area contributed by atoms with Crippen LogP contribution < -0.4 is 5.32 Å². The standard InChI is InChI=1S/C18H22N2OS2/c21-17(14-23-18-7-4-12-22-18)19-16-8-10-20(11-9-16)13-15-5-2-1-3-6-15/h1-7,12,16H,8-11,13-14H2,(H,19,21). The van der Waals surface area contributed by atoms with Crippen LogP contribution in [0.3, 0.4) is 0 Å². The van der Waals surface area contributed by atoms with Crippen LogP contribution in [-0.2, 0) is 11.3 Å². The van der Waals surface area contributed by atoms with E-state index < -0.39 is 0 Å². The number of nitrogens with one attached hydrogen (secondary N) is 1. The largest absolute Gasteiger partial charge is 0.353 e. The Kier molecular flexibility index (Phi) is 6.13. The molecule has 0 atom stereocenters. The smallest absolute Gasteiger partial charge is 0.230 e. The van der Waals surface area contributed by atoms with Crippen molar-refractivity contribution in [3.8, 4) is 0 Å². The minimum Gasteiger partial charge on any atom is -0.353 e. The molecular weight excluding hydrogens is 324 g/mol. The molecule has 1 fully saturated rings. The first-order chi connectivity index (χ1) is 11.3. The molecule has 0 spiro atoms. The molecule has 1 aromatic heterocycles. The Morgan fingerprint density at radius 1 is 1.17 bits per heavy atom. The number of likely N-dealkylation sites (tertiary alicyclic amines) is 1. The lowest BCUT2D eigenvalue weighted by molar-refractivity contribution is -0.119. The zero-order valence-electron chi connectivity index (χ0n) is 13.1. The van der Waals surface area contributed by atoms with Crippen LogP contribution in [0.4, 0.5) is 0 Å². The van der Waals surface area contributed by atoms with E-state index in [9.17, 15) is 4.79 Å². The molecule has 1 aliphatic heterocycles. The number of thioether (sulfide) groups is 1. The Morgan fingerprint density at radius 2 is 1.96 bits per heavy atom. The lowest BCUT2D eigenvalue weighted by Gasteiger charge is -2.32. The lowest BCUT2D eigenvalue weighted by Crippen LogP contribution is -2.44. The Labute approximate surface area is 146 Å². The second-order valence-electron chi connectivity index (χ2n) is 5.82. The van der Waals surface area contributed by atoms with Crippen LogP contribution in [0.1, 0.15) is 18.4 Å². The molecule has 3 nitrogen and oxygen atoms in total. The number of hydrogen-bond donors (Lipinski definition) is 1. The molecule has 1 N–H and O–H groups in total. The molecule has 0 unspecified atom stereocenters. The van der Waals surface area contributed by atoms with E-state index >= 15 is 0 Å². The number of carbonyl (C=O) groups is 1. The van der Waals surface area contributed by atoms with Gasteiger partial charge in [-0.05, 0) is 29.9 Å². The number of carbonyl (C=O) groups excluding carboxylic acids is 1. The van der Waals surface area contributed by atoms with Gasteiger partial charge in [-0.3, -0.25) is 9.69 Å². The van der Waals surface area contributed by atoms with E-state index in [0.29, 0.717) is 11.8 Å². The maximum absolute atomic E-state index is 12.0. The van der Waals surface area contributed by atoms with Gasteiger partial charge in [0.1, 0.15) is 0 Å². The van der Waals surface area contributed by atoms with Gasteiger partial charge in [-0.25, -0.2) is 0 Å². The quantitative estimate of drug-likeness (QED) is 0.811. The van der Waals surface area contributed by atoms with Crippen molar-refractivity contribution in [1.29, 1.82) is 0 Å². The van der Waals surface area contributed by atoms with E-state index in [1.807, 2.05) is 11.4 Å². The molecule has 1 saturated heterocycles. The van der Waals surface area contributed by atoms with Crippen LogP contribution in [0, 0.1) is 0 Å². The van der Waals surface area contributed by atoms with Gasteiger partial charge < -0.3 is 5.32 Å². The summed E-state index contributed by atoms with van der Waals surface area (Å²) in [4.78, 5) is 14.5. The molecule has 2 aromatic rings. The van der Waals surface area contributed by atoms with Crippen LogP contribution >= 0.6 is 23.1 Å². The number of rotatable bonds is 6. The Balaban J connectivity index is 1.36. The SMILES string of the molecule is O=C(CSc1cccs1)NC1CCN(Cc2ccccc2)CC1. The summed E-state index contributed by atoms with van der Waals surface area (Å²) in [7, 11) is 0. The summed E-state index contributed by atoms with van der Waals surface area (Å²) in [5.74, 6) is 0.676. The van der Waals surface area contributed by atoms with Crippen molar-refractivity contribution in [3.05, 3.63) is 53.4 Å². The molecule has 0 radical (unpaired) electrons. The van der Waals surface area contributed by atoms with E-state index in [0.717, 1.165) is 32.5 Å². The van der Waals surface area contributed by atoms with E-state index in [4.69, 9.17) is 0 Å². The summed E-state index contributed by atoms with van der Waals surface area (Å²) in [5.41, 5.74) is 1.36. The van der Waals surface area contributed by atoms with Crippen molar-refractivity contribution in [2.24, 2.45) is 0 Å². The molecule has 0 aliphatic carbocycles. The predicted octanol–water partition coefficient (Wildman–Crippen LogP) is 3.62. The van der Waals surface area contributed by atoms with Gasteiger partial charge in [0, 0.05) is 25.7 Å². The van der Waals surface area contributed by atoms with Gasteiger partial charge in [0.25, 0.3) is 0 Å². The van der Waals surface area contributed by atoms with Crippen LogP contribution in [0.15, 0.2) is 52.1 Å². The molecule has 3 rings (SSSR count). The van der Waals surface area contributed by atoms with Crippen molar-refractivity contribution in [2.75, 3.05) is 18.8 Å². The molecule has 1 amide bonds. The Hall–Kier alpha value is -1.30. The molecule has 122 valence electrons. The van der Waals surface area contributed by atoms with Gasteiger partial charge in [0.15, 0.2) is 0 Å². The minimum atomic E-state index is 0.157. The second kappa shape index (κ2) is 8.52. The van der Waals surface area contributed by atoms with E-state index in [-0.39, 0.29) is 5.91 Å². The number of nitrogens with zero attached hydrogens (tertiary/aromatic N) is 1. The first-order valence-electron chi connectivity index (χ1n) is 8.01. The van der Waals surface area contributed by atoms with E-state index in [1.165, 1.54) is 9.77 Å². The van der Waals surface area contributed by atoms with Crippen LogP contribution in [0.5, 0.6) is 0 Å². The molecule has 0 bridgehead atoms. The zero-order valence-corrected chi connectivity index (χ0v) is 14.7. The normalized spacial score (nSPS) is 16.3. The van der Waals surface area contributed by atoms with E-state index in [1.54, 1.807) is 23.1 Å². The molecule has 0 saturated carbocycles. The number of thiophene rings is 1. The first kappa shape index (κ1) is 16.6. The van der Waals surface area contributed by atoms with Gasteiger partial charge in [0.2, 0.25) is 5.91 Å². The number of benzene rings is 1. The van der Waals surface area contributed by atoms with Crippen molar-refractivity contribution in [2.45, 2.75) is 29.6 Å². The third-order valence-electron chi connectivity index (χ3n) is 4.04. The van der Waals surface area contributed by atoms with Gasteiger partial charge in [-0.1, -0.05) is 36.4 Å². The first-order valence-corrected chi connectivity index (χ1v) is 9.88. The lowest BCUT2D eigenvalue weighted by atomic mass is 10.0. The highest BCUT2D eigenvalue weighted by atomic mass is 32.2. The highest BCUT2D eigenvalue weighted by molar-refractivity contribution is 8.01. The molecule has 23 heavy (non-hydrogen) atoms. The second-order valence-corrected chi connectivity index (χ2v) is 8.05. The van der Waals surface area contributed by atoms with Crippen LogP contribution in [0.25, 0.3) is 0 Å². The summed E-state index contributed by atoms with van der Waals surface area (Å²) in [6.45, 7) is 3.12. The fourth-order valence-electron chi connectivity index (χ4n) is 2.83. The van der Waals surface area contributed by atoms with Crippen LogP contribution in [-0.4, -0.2) is 35.7 Å². The third-order valence-corrected chi connectivity index (χ3v) is 6.17. The molecular formula is C18H22N2OS2. The highest BCUT2D eigenvalue weighted by Gasteiger charge is 2.20. The highest BCUT2D eigenvalue weighted by Crippen LogP contribution is 2.23. The topological polar surface area (TPSA) is 32.3 Å². The molecule has 1 aromatic carbocycles. The monoisotopic (exact) mass is 346 g/mol. The Morgan fingerprint density at radius 3 is 2.65 bits per heavy atom. The summed E-state index contributed by atoms with van der Waals surface area (Å²) in [6, 6.07) is 15.0. The fourth-order valence-corrected chi connectivity index (χ4v) is 4.42. The maximum Gasteiger partial charge on any atom is 0.230 e. The van der Waals surface area contributed by atoms with Gasteiger partial charge in [0.05, 0.1) is 9.96 Å². The number of amides is 1. The predicted molar refractivity (Wildman–Crippen MR) is 97.9 cm³/mol. The average molecular weight is 347 g/mol.